The standard InChI is InChI=1S/C13H11ClN4/c1-8-12(16-9(2)17-13(8)14)10-4-3-5-11-15-6-7-18(10)11/h3-7H,1-2H3. The van der Waals surface area contributed by atoms with Gasteiger partial charge < -0.3 is 0 Å². The van der Waals surface area contributed by atoms with Crippen molar-refractivity contribution in [2.24, 2.45) is 0 Å². The Balaban J connectivity index is 2.36. The van der Waals surface area contributed by atoms with Gasteiger partial charge in [0.2, 0.25) is 0 Å². The molecule has 0 aromatic carbocycles. The van der Waals surface area contributed by atoms with Crippen LogP contribution in [0.4, 0.5) is 0 Å². The summed E-state index contributed by atoms with van der Waals surface area (Å²) in [5.41, 5.74) is 3.58. The fourth-order valence-corrected chi connectivity index (χ4v) is 2.20. The summed E-state index contributed by atoms with van der Waals surface area (Å²) in [5.74, 6) is 0.665. The van der Waals surface area contributed by atoms with E-state index in [-0.39, 0.29) is 0 Å². The number of aryl methyl sites for hydroxylation is 1. The first-order valence-electron chi connectivity index (χ1n) is 5.60. The van der Waals surface area contributed by atoms with E-state index in [0.717, 1.165) is 22.6 Å². The second kappa shape index (κ2) is 4.07. The van der Waals surface area contributed by atoms with Crippen LogP contribution in [0.1, 0.15) is 11.4 Å². The third kappa shape index (κ3) is 1.66. The quantitative estimate of drug-likeness (QED) is 0.630. The van der Waals surface area contributed by atoms with Gasteiger partial charge in [-0.1, -0.05) is 17.7 Å². The maximum Gasteiger partial charge on any atom is 0.137 e. The summed E-state index contributed by atoms with van der Waals surface area (Å²) in [6.07, 6.45) is 3.68. The number of aromatic nitrogens is 4. The summed E-state index contributed by atoms with van der Waals surface area (Å²) in [6, 6.07) is 5.91. The molecule has 0 saturated carbocycles. The molecule has 0 bridgehead atoms. The van der Waals surface area contributed by atoms with Gasteiger partial charge in [-0.3, -0.25) is 4.40 Å². The molecule has 3 aromatic rings. The first-order chi connectivity index (χ1) is 8.66. The molecule has 0 saturated heterocycles. The molecule has 0 spiro atoms. The molecule has 5 heteroatoms. The number of hydrogen-bond acceptors (Lipinski definition) is 3. The Hall–Kier alpha value is -1.94. The van der Waals surface area contributed by atoms with Crippen LogP contribution >= 0.6 is 11.6 Å². The van der Waals surface area contributed by atoms with Crippen LogP contribution < -0.4 is 0 Å². The molecule has 90 valence electrons. The van der Waals surface area contributed by atoms with Crippen LogP contribution in [-0.4, -0.2) is 19.4 Å². The first-order valence-corrected chi connectivity index (χ1v) is 5.98. The van der Waals surface area contributed by atoms with Gasteiger partial charge in [-0.05, 0) is 26.0 Å². The lowest BCUT2D eigenvalue weighted by Gasteiger charge is -2.09. The highest BCUT2D eigenvalue weighted by Crippen LogP contribution is 2.26. The highest BCUT2D eigenvalue weighted by atomic mass is 35.5. The molecule has 0 aliphatic carbocycles. The molecule has 3 aromatic heterocycles. The van der Waals surface area contributed by atoms with Crippen LogP contribution in [0, 0.1) is 13.8 Å². The van der Waals surface area contributed by atoms with Gasteiger partial charge in [0, 0.05) is 18.0 Å². The van der Waals surface area contributed by atoms with Crippen LogP contribution in [-0.2, 0) is 0 Å². The van der Waals surface area contributed by atoms with Crippen LogP contribution in [0.2, 0.25) is 5.15 Å². The molecule has 0 aliphatic heterocycles. The summed E-state index contributed by atoms with van der Waals surface area (Å²) in [7, 11) is 0. The van der Waals surface area contributed by atoms with Crippen molar-refractivity contribution in [3.05, 3.63) is 47.1 Å². The Bertz CT molecular complexity index is 733. The van der Waals surface area contributed by atoms with E-state index in [0.29, 0.717) is 11.0 Å². The molecule has 18 heavy (non-hydrogen) atoms. The van der Waals surface area contributed by atoms with E-state index in [4.69, 9.17) is 11.6 Å². The SMILES string of the molecule is Cc1nc(Cl)c(C)c(-c2cccc3nccn23)n1. The van der Waals surface area contributed by atoms with Crippen LogP contribution in [0.3, 0.4) is 0 Å². The van der Waals surface area contributed by atoms with Crippen molar-refractivity contribution in [2.75, 3.05) is 0 Å². The molecular formula is C13H11ClN4. The fourth-order valence-electron chi connectivity index (χ4n) is 1.98. The van der Waals surface area contributed by atoms with Gasteiger partial charge in [0.1, 0.15) is 16.6 Å². The Kier molecular flexibility index (Phi) is 2.52. The predicted molar refractivity (Wildman–Crippen MR) is 70.7 cm³/mol. The Morgan fingerprint density at radius 2 is 2.00 bits per heavy atom. The predicted octanol–water partition coefficient (Wildman–Crippen LogP) is 3.06. The summed E-state index contributed by atoms with van der Waals surface area (Å²) in [6.45, 7) is 3.76. The lowest BCUT2D eigenvalue weighted by Crippen LogP contribution is -2.00. The Morgan fingerprint density at radius 3 is 2.83 bits per heavy atom. The second-order valence-electron chi connectivity index (χ2n) is 4.10. The highest BCUT2D eigenvalue weighted by Gasteiger charge is 2.12. The average Bonchev–Trinajstić information content (AvgIpc) is 2.81. The summed E-state index contributed by atoms with van der Waals surface area (Å²) >= 11 is 6.12. The number of imidazole rings is 1. The highest BCUT2D eigenvalue weighted by molar-refractivity contribution is 6.30. The first kappa shape index (κ1) is 11.2. The lowest BCUT2D eigenvalue weighted by atomic mass is 10.2. The Labute approximate surface area is 109 Å². The lowest BCUT2D eigenvalue weighted by molar-refractivity contribution is 1.02. The molecule has 4 nitrogen and oxygen atoms in total. The van der Waals surface area contributed by atoms with Crippen molar-refractivity contribution in [2.45, 2.75) is 13.8 Å². The maximum atomic E-state index is 6.12. The van der Waals surface area contributed by atoms with Crippen molar-refractivity contribution in [1.82, 2.24) is 19.4 Å². The largest absolute Gasteiger partial charge is 0.298 e. The van der Waals surface area contributed by atoms with Crippen molar-refractivity contribution < 1.29 is 0 Å². The number of halogens is 1. The maximum absolute atomic E-state index is 6.12. The molecule has 3 heterocycles. The molecule has 0 radical (unpaired) electrons. The summed E-state index contributed by atoms with van der Waals surface area (Å²) < 4.78 is 1.99. The second-order valence-corrected chi connectivity index (χ2v) is 4.46. The number of pyridine rings is 1. The van der Waals surface area contributed by atoms with Crippen molar-refractivity contribution in [3.8, 4) is 11.4 Å². The van der Waals surface area contributed by atoms with Crippen LogP contribution in [0.5, 0.6) is 0 Å². The topological polar surface area (TPSA) is 43.1 Å². The van der Waals surface area contributed by atoms with Crippen molar-refractivity contribution >= 4 is 17.2 Å². The Morgan fingerprint density at radius 1 is 1.17 bits per heavy atom. The van der Waals surface area contributed by atoms with Crippen LogP contribution in [0.25, 0.3) is 17.0 Å². The molecule has 0 aliphatic rings. The zero-order valence-electron chi connectivity index (χ0n) is 10.1. The molecule has 3 rings (SSSR count). The minimum absolute atomic E-state index is 0.495. The van der Waals surface area contributed by atoms with E-state index in [1.807, 2.05) is 42.6 Å². The number of nitrogens with zero attached hydrogens (tertiary/aromatic N) is 4. The molecule has 0 atom stereocenters. The molecule has 0 fully saturated rings. The molecule has 0 unspecified atom stereocenters. The van der Waals surface area contributed by atoms with E-state index >= 15 is 0 Å². The van der Waals surface area contributed by atoms with E-state index in [9.17, 15) is 0 Å². The van der Waals surface area contributed by atoms with Gasteiger partial charge >= 0.3 is 0 Å². The zero-order valence-corrected chi connectivity index (χ0v) is 10.8. The normalized spacial score (nSPS) is 11.1. The van der Waals surface area contributed by atoms with Crippen LogP contribution in [0.15, 0.2) is 30.6 Å². The third-order valence-corrected chi connectivity index (χ3v) is 3.24. The summed E-state index contributed by atoms with van der Waals surface area (Å²) in [4.78, 5) is 12.9. The molecule has 0 N–H and O–H groups in total. The number of rotatable bonds is 1. The van der Waals surface area contributed by atoms with Gasteiger partial charge in [-0.25, -0.2) is 15.0 Å². The zero-order chi connectivity index (χ0) is 12.7. The van der Waals surface area contributed by atoms with Gasteiger partial charge in [0.05, 0.1) is 11.4 Å². The van der Waals surface area contributed by atoms with E-state index in [2.05, 4.69) is 15.0 Å². The van der Waals surface area contributed by atoms with E-state index in [1.165, 1.54) is 0 Å². The number of hydrogen-bond donors (Lipinski definition) is 0. The fraction of sp³-hybridized carbons (Fsp3) is 0.154. The monoisotopic (exact) mass is 258 g/mol. The molecule has 0 amide bonds. The van der Waals surface area contributed by atoms with Gasteiger partial charge in [-0.15, -0.1) is 0 Å². The third-order valence-electron chi connectivity index (χ3n) is 2.87. The minimum Gasteiger partial charge on any atom is -0.298 e. The van der Waals surface area contributed by atoms with E-state index < -0.39 is 0 Å². The van der Waals surface area contributed by atoms with Gasteiger partial charge in [0.25, 0.3) is 0 Å². The smallest absolute Gasteiger partial charge is 0.137 e. The van der Waals surface area contributed by atoms with E-state index in [1.54, 1.807) is 6.20 Å². The van der Waals surface area contributed by atoms with Crippen molar-refractivity contribution in [3.63, 3.8) is 0 Å². The molecular weight excluding hydrogens is 248 g/mol. The average molecular weight is 259 g/mol. The van der Waals surface area contributed by atoms with Gasteiger partial charge in [0.15, 0.2) is 0 Å². The van der Waals surface area contributed by atoms with Gasteiger partial charge in [-0.2, -0.15) is 0 Å². The minimum atomic E-state index is 0.495. The summed E-state index contributed by atoms with van der Waals surface area (Å²) in [5, 5.41) is 0.495. The van der Waals surface area contributed by atoms with Crippen molar-refractivity contribution in [1.29, 1.82) is 0 Å². The number of fused-ring (bicyclic) bond motifs is 1.